The van der Waals surface area contributed by atoms with Crippen molar-refractivity contribution in [1.82, 2.24) is 5.32 Å². The van der Waals surface area contributed by atoms with E-state index >= 15 is 0 Å². The second kappa shape index (κ2) is 48.4. The molecule has 0 aromatic carbocycles. The van der Waals surface area contributed by atoms with Gasteiger partial charge in [0.25, 0.3) is 0 Å². The van der Waals surface area contributed by atoms with E-state index in [1.165, 1.54) is 173 Å². The molecule has 60 heavy (non-hydrogen) atoms. The molecule has 0 saturated heterocycles. The van der Waals surface area contributed by atoms with Crippen molar-refractivity contribution >= 4 is 11.9 Å². The number of aliphatic hydroxyl groups is 2. The van der Waals surface area contributed by atoms with Gasteiger partial charge in [0.2, 0.25) is 5.91 Å². The van der Waals surface area contributed by atoms with Gasteiger partial charge in [0.15, 0.2) is 0 Å². The Morgan fingerprint density at radius 1 is 0.483 bits per heavy atom. The Balaban J connectivity index is 4.57. The lowest BCUT2D eigenvalue weighted by Gasteiger charge is -2.24. The molecule has 0 bridgehead atoms. The van der Waals surface area contributed by atoms with E-state index in [0.29, 0.717) is 19.3 Å². The maximum atomic E-state index is 13.2. The van der Waals surface area contributed by atoms with Crippen molar-refractivity contribution in [3.8, 4) is 0 Å². The first-order chi connectivity index (χ1) is 29.5. The summed E-state index contributed by atoms with van der Waals surface area (Å²) in [4.78, 5) is 26.2. The number of aliphatic hydroxyl groups excluding tert-OH is 2. The number of hydrogen-bond donors (Lipinski definition) is 3. The second-order valence-electron chi connectivity index (χ2n) is 18.3. The number of amides is 1. The van der Waals surface area contributed by atoms with Gasteiger partial charge in [-0.15, -0.1) is 0 Å². The summed E-state index contributed by atoms with van der Waals surface area (Å²) in [6.45, 7) is 6.47. The smallest absolute Gasteiger partial charge is 0.306 e. The normalized spacial score (nSPS) is 13.3. The predicted octanol–water partition coefficient (Wildman–Crippen LogP) is 15.9. The summed E-state index contributed by atoms with van der Waals surface area (Å²) >= 11 is 0. The molecule has 0 aromatic heterocycles. The summed E-state index contributed by atoms with van der Waals surface area (Å²) in [7, 11) is 0. The number of rotatable bonds is 48. The van der Waals surface area contributed by atoms with E-state index in [1.54, 1.807) is 0 Å². The Morgan fingerprint density at radius 3 is 1.30 bits per heavy atom. The molecule has 0 fully saturated rings. The number of esters is 1. The van der Waals surface area contributed by atoms with E-state index in [9.17, 15) is 19.8 Å². The largest absolute Gasteiger partial charge is 0.462 e. The van der Waals surface area contributed by atoms with Crippen molar-refractivity contribution in [3.63, 3.8) is 0 Å². The monoisotopic (exact) mass is 846 g/mol. The average Bonchev–Trinajstić information content (AvgIpc) is 3.24. The topological polar surface area (TPSA) is 95.9 Å². The van der Waals surface area contributed by atoms with Crippen LogP contribution < -0.4 is 5.32 Å². The fraction of sp³-hybridized carbons (Fsp3) is 0.889. The summed E-state index contributed by atoms with van der Waals surface area (Å²) in [6.07, 6.45) is 55.2. The number of carbonyl (C=O) groups excluding carboxylic acids is 2. The molecule has 3 unspecified atom stereocenters. The molecule has 0 radical (unpaired) electrons. The van der Waals surface area contributed by atoms with Gasteiger partial charge in [0.05, 0.1) is 25.2 Å². The standard InChI is InChI=1S/C54H103NO5/c1-4-7-10-13-16-19-22-24-26-28-31-33-36-39-42-45-50(60-54(59)47-44-41-38-35-32-29-27-25-23-20-17-14-11-8-5-2)48-53(58)55-51(49-56)52(57)46-43-40-37-34-30-21-18-15-12-9-6-3/h16,19,24,26,50-52,56-57H,4-15,17-18,20-23,25,27-49H2,1-3H3,(H,55,58)/b19-16-,26-24-. The van der Waals surface area contributed by atoms with Crippen LogP contribution in [0.3, 0.4) is 0 Å². The number of carbonyl (C=O) groups is 2. The molecule has 6 heteroatoms. The van der Waals surface area contributed by atoms with Gasteiger partial charge in [-0.3, -0.25) is 9.59 Å². The quantitative estimate of drug-likeness (QED) is 0.0322. The minimum absolute atomic E-state index is 0.0735. The van der Waals surface area contributed by atoms with Crippen molar-refractivity contribution in [2.45, 2.75) is 302 Å². The highest BCUT2D eigenvalue weighted by atomic mass is 16.5. The predicted molar refractivity (Wildman–Crippen MR) is 260 cm³/mol. The number of nitrogens with one attached hydrogen (secondary N) is 1. The molecule has 0 aliphatic carbocycles. The summed E-state index contributed by atoms with van der Waals surface area (Å²) in [5, 5.41) is 23.8. The van der Waals surface area contributed by atoms with E-state index in [2.05, 4.69) is 50.4 Å². The van der Waals surface area contributed by atoms with Gasteiger partial charge >= 0.3 is 5.97 Å². The van der Waals surface area contributed by atoms with Crippen molar-refractivity contribution in [2.24, 2.45) is 0 Å². The molecule has 6 nitrogen and oxygen atoms in total. The third-order valence-electron chi connectivity index (χ3n) is 12.3. The number of hydrogen-bond acceptors (Lipinski definition) is 5. The summed E-state index contributed by atoms with van der Waals surface area (Å²) in [6, 6.07) is -0.701. The third-order valence-corrected chi connectivity index (χ3v) is 12.3. The second-order valence-corrected chi connectivity index (χ2v) is 18.3. The minimum atomic E-state index is -0.787. The van der Waals surface area contributed by atoms with E-state index in [1.807, 2.05) is 0 Å². The molecule has 1 amide bonds. The van der Waals surface area contributed by atoms with Gasteiger partial charge in [-0.05, 0) is 57.8 Å². The molecule has 0 rings (SSSR count). The first-order valence-corrected chi connectivity index (χ1v) is 26.6. The van der Waals surface area contributed by atoms with Crippen molar-refractivity contribution in [1.29, 1.82) is 0 Å². The SMILES string of the molecule is CCCCC/C=C\C/C=C\CCCCCCCC(CC(=O)NC(CO)C(O)CCCCCCCCCCCCC)OC(=O)CCCCCCCCCCCCCCCCC. The molecule has 3 N–H and O–H groups in total. The molecule has 0 heterocycles. The fourth-order valence-electron chi connectivity index (χ4n) is 8.23. The maximum Gasteiger partial charge on any atom is 0.306 e. The van der Waals surface area contributed by atoms with Crippen LogP contribution in [-0.2, 0) is 14.3 Å². The van der Waals surface area contributed by atoms with Gasteiger partial charge in [0, 0.05) is 6.42 Å². The Kier molecular flexibility index (Phi) is 47.0. The zero-order valence-corrected chi connectivity index (χ0v) is 40.4. The van der Waals surface area contributed by atoms with Crippen molar-refractivity contribution in [3.05, 3.63) is 24.3 Å². The molecule has 0 aromatic rings. The van der Waals surface area contributed by atoms with E-state index < -0.39 is 18.2 Å². The van der Waals surface area contributed by atoms with Crippen LogP contribution in [0.15, 0.2) is 24.3 Å². The number of ether oxygens (including phenoxy) is 1. The lowest BCUT2D eigenvalue weighted by molar-refractivity contribution is -0.151. The minimum Gasteiger partial charge on any atom is -0.462 e. The van der Waals surface area contributed by atoms with Crippen LogP contribution in [0.4, 0.5) is 0 Å². The lowest BCUT2D eigenvalue weighted by atomic mass is 10.0. The Hall–Kier alpha value is -1.66. The third kappa shape index (κ3) is 43.0. The van der Waals surface area contributed by atoms with Gasteiger partial charge in [-0.25, -0.2) is 0 Å². The number of unbranched alkanes of at least 4 members (excludes halogenated alkanes) is 32. The fourth-order valence-corrected chi connectivity index (χ4v) is 8.23. The van der Waals surface area contributed by atoms with Crippen LogP contribution in [0.1, 0.15) is 284 Å². The van der Waals surface area contributed by atoms with E-state index in [4.69, 9.17) is 4.74 Å². The highest BCUT2D eigenvalue weighted by molar-refractivity contribution is 5.77. The molecule has 0 saturated carbocycles. The van der Waals surface area contributed by atoms with Crippen LogP contribution in [0.2, 0.25) is 0 Å². The molecular weight excluding hydrogens is 743 g/mol. The molecule has 354 valence electrons. The van der Waals surface area contributed by atoms with E-state index in [0.717, 1.165) is 64.2 Å². The van der Waals surface area contributed by atoms with Crippen LogP contribution in [0, 0.1) is 0 Å². The molecule has 0 spiro atoms. The van der Waals surface area contributed by atoms with Gasteiger partial charge in [-0.2, -0.15) is 0 Å². The Labute approximate surface area is 373 Å². The summed E-state index contributed by atoms with van der Waals surface area (Å²) in [5.41, 5.74) is 0. The summed E-state index contributed by atoms with van der Waals surface area (Å²) in [5.74, 6) is -0.472. The molecule has 3 atom stereocenters. The molecule has 0 aliphatic rings. The summed E-state index contributed by atoms with van der Waals surface area (Å²) < 4.78 is 5.94. The maximum absolute atomic E-state index is 13.2. The molecule has 0 aliphatic heterocycles. The van der Waals surface area contributed by atoms with Crippen LogP contribution >= 0.6 is 0 Å². The van der Waals surface area contributed by atoms with Crippen molar-refractivity contribution < 1.29 is 24.5 Å². The average molecular weight is 846 g/mol. The van der Waals surface area contributed by atoms with Crippen LogP contribution in [0.5, 0.6) is 0 Å². The van der Waals surface area contributed by atoms with Gasteiger partial charge in [-0.1, -0.05) is 238 Å². The van der Waals surface area contributed by atoms with Crippen molar-refractivity contribution in [2.75, 3.05) is 6.61 Å². The molecular formula is C54H103NO5. The van der Waals surface area contributed by atoms with Crippen LogP contribution in [-0.4, -0.2) is 46.9 Å². The zero-order chi connectivity index (χ0) is 43.8. The van der Waals surface area contributed by atoms with Gasteiger partial charge < -0.3 is 20.3 Å². The number of allylic oxidation sites excluding steroid dienone is 4. The highest BCUT2D eigenvalue weighted by Crippen LogP contribution is 2.18. The highest BCUT2D eigenvalue weighted by Gasteiger charge is 2.24. The Bertz CT molecular complexity index is 950. The van der Waals surface area contributed by atoms with Gasteiger partial charge in [0.1, 0.15) is 6.10 Å². The zero-order valence-electron chi connectivity index (χ0n) is 40.4. The lowest BCUT2D eigenvalue weighted by Crippen LogP contribution is -2.46. The first-order valence-electron chi connectivity index (χ1n) is 26.6. The first kappa shape index (κ1) is 58.3. The van der Waals surface area contributed by atoms with Crippen LogP contribution in [0.25, 0.3) is 0 Å². The Morgan fingerprint density at radius 2 is 0.850 bits per heavy atom. The van der Waals surface area contributed by atoms with E-state index in [-0.39, 0.29) is 24.9 Å².